The van der Waals surface area contributed by atoms with E-state index in [0.717, 1.165) is 18.6 Å². The summed E-state index contributed by atoms with van der Waals surface area (Å²) in [6.07, 6.45) is 0.720. The Morgan fingerprint density at radius 3 is 2.67 bits per heavy atom. The Labute approximate surface area is 93.4 Å². The third-order valence-corrected chi connectivity index (χ3v) is 3.30. The van der Waals surface area contributed by atoms with Gasteiger partial charge in [-0.05, 0) is 17.8 Å². The maximum atomic E-state index is 10.9. The molecule has 1 rings (SSSR count). The number of aromatic nitrogens is 1. The second kappa shape index (κ2) is 4.99. The van der Waals surface area contributed by atoms with E-state index in [1.54, 1.807) is 6.26 Å². The van der Waals surface area contributed by atoms with Crippen molar-refractivity contribution in [3.8, 4) is 5.88 Å². The van der Waals surface area contributed by atoms with Crippen LogP contribution < -0.4 is 4.74 Å². The fraction of sp³-hybridized carbons (Fsp3) is 0.286. The quantitative estimate of drug-likeness (QED) is 0.644. The molecule has 0 amide bonds. The van der Waals surface area contributed by atoms with E-state index in [1.165, 1.54) is 11.8 Å². The maximum Gasteiger partial charge on any atom is 0.514 e. The molecule has 0 aliphatic rings. The van der Waals surface area contributed by atoms with Crippen LogP contribution >= 0.6 is 23.3 Å². The van der Waals surface area contributed by atoms with E-state index < -0.39 is 12.1 Å². The van der Waals surface area contributed by atoms with Crippen molar-refractivity contribution in [3.05, 3.63) is 5.56 Å². The van der Waals surface area contributed by atoms with Crippen molar-refractivity contribution in [2.45, 2.75) is 4.21 Å². The maximum absolute atomic E-state index is 10.9. The molecule has 0 radical (unpaired) electrons. The van der Waals surface area contributed by atoms with Gasteiger partial charge in [-0.15, -0.1) is 11.8 Å². The molecule has 1 aromatic heterocycles. The molecule has 8 heteroatoms. The zero-order valence-electron chi connectivity index (χ0n) is 7.84. The van der Waals surface area contributed by atoms with Crippen molar-refractivity contribution >= 4 is 35.4 Å². The van der Waals surface area contributed by atoms with Gasteiger partial charge in [-0.25, -0.2) is 9.59 Å². The number of methoxy groups -OCH3 is 1. The third-order valence-electron chi connectivity index (χ3n) is 1.38. The van der Waals surface area contributed by atoms with Crippen molar-refractivity contribution in [2.75, 3.05) is 13.4 Å². The van der Waals surface area contributed by atoms with Crippen LogP contribution in [0.25, 0.3) is 0 Å². The summed E-state index contributed by atoms with van der Waals surface area (Å²) in [5.41, 5.74) is -0.113. The lowest BCUT2D eigenvalue weighted by molar-refractivity contribution is 0.0688. The fourth-order valence-corrected chi connectivity index (χ4v) is 2.12. The monoisotopic (exact) mass is 249 g/mol. The van der Waals surface area contributed by atoms with Crippen molar-refractivity contribution in [3.63, 3.8) is 0 Å². The van der Waals surface area contributed by atoms with Crippen LogP contribution in [0.3, 0.4) is 0 Å². The minimum Gasteiger partial charge on any atom is -0.477 e. The normalized spacial score (nSPS) is 9.73. The molecule has 0 saturated heterocycles. The molecule has 82 valence electrons. The molecule has 0 fully saturated rings. The van der Waals surface area contributed by atoms with Gasteiger partial charge in [0.05, 0.1) is 11.3 Å². The van der Waals surface area contributed by atoms with Crippen LogP contribution in [-0.4, -0.2) is 35.0 Å². The second-order valence-corrected chi connectivity index (χ2v) is 4.06. The number of carbonyl (C=O) groups is 2. The zero-order valence-corrected chi connectivity index (χ0v) is 9.48. The van der Waals surface area contributed by atoms with E-state index in [1.807, 2.05) is 0 Å². The number of hydrogen-bond acceptors (Lipinski definition) is 7. The highest BCUT2D eigenvalue weighted by Gasteiger charge is 2.23. The first-order valence-electron chi connectivity index (χ1n) is 3.63. The molecule has 0 aliphatic heterocycles. The molecule has 0 unspecified atom stereocenters. The topological polar surface area (TPSA) is 85.7 Å². The van der Waals surface area contributed by atoms with E-state index in [2.05, 4.69) is 13.8 Å². The summed E-state index contributed by atoms with van der Waals surface area (Å²) in [6.45, 7) is 0. The molecule has 0 aliphatic carbocycles. The lowest BCUT2D eigenvalue weighted by Crippen LogP contribution is -2.10. The number of carboxylic acid groups (broad SMARTS) is 1. The van der Waals surface area contributed by atoms with Gasteiger partial charge in [0.15, 0.2) is 0 Å². The van der Waals surface area contributed by atoms with E-state index >= 15 is 0 Å². The van der Waals surface area contributed by atoms with E-state index in [-0.39, 0.29) is 11.4 Å². The van der Waals surface area contributed by atoms with Gasteiger partial charge in [0.2, 0.25) is 0 Å². The number of ether oxygens (including phenoxy) is 2. The Morgan fingerprint density at radius 1 is 1.53 bits per heavy atom. The Morgan fingerprint density at radius 2 is 2.20 bits per heavy atom. The summed E-state index contributed by atoms with van der Waals surface area (Å²) < 4.78 is 13.0. The van der Waals surface area contributed by atoms with Crippen LogP contribution in [0.4, 0.5) is 4.79 Å². The molecular weight excluding hydrogens is 242 g/mol. The number of rotatable bonds is 3. The molecule has 1 aromatic rings. The van der Waals surface area contributed by atoms with Gasteiger partial charge >= 0.3 is 12.1 Å². The first-order chi connectivity index (χ1) is 7.10. The molecule has 6 nitrogen and oxygen atoms in total. The number of carboxylic acids is 1. The summed E-state index contributed by atoms with van der Waals surface area (Å²) >= 11 is 2.18. The summed E-state index contributed by atoms with van der Waals surface area (Å²) in [4.78, 5) is 21.6. The van der Waals surface area contributed by atoms with Crippen molar-refractivity contribution in [2.24, 2.45) is 0 Å². The standard InChI is InChI=1S/C7H7NO5S2/c1-12-7(11)13-4-3(5(9)10)6(14-2)15-8-4/h1-2H3,(H,9,10). The van der Waals surface area contributed by atoms with Crippen LogP contribution in [-0.2, 0) is 4.74 Å². The number of hydrogen-bond donors (Lipinski definition) is 1. The Balaban J connectivity index is 3.02. The summed E-state index contributed by atoms with van der Waals surface area (Å²) in [5.74, 6) is -1.42. The highest BCUT2D eigenvalue weighted by molar-refractivity contribution is 8.00. The van der Waals surface area contributed by atoms with Gasteiger partial charge in [0.1, 0.15) is 5.56 Å². The second-order valence-electron chi connectivity index (χ2n) is 2.22. The average Bonchev–Trinajstić information content (AvgIpc) is 2.60. The molecule has 0 spiro atoms. The number of thioether (sulfide) groups is 1. The van der Waals surface area contributed by atoms with Crippen LogP contribution in [0.15, 0.2) is 4.21 Å². The SMILES string of the molecule is COC(=O)Oc1nsc(SC)c1C(=O)O. The highest BCUT2D eigenvalue weighted by atomic mass is 32.2. The van der Waals surface area contributed by atoms with E-state index in [4.69, 9.17) is 5.11 Å². The lowest BCUT2D eigenvalue weighted by atomic mass is 10.4. The molecule has 15 heavy (non-hydrogen) atoms. The van der Waals surface area contributed by atoms with Crippen molar-refractivity contribution in [1.82, 2.24) is 4.37 Å². The minimum atomic E-state index is -1.19. The minimum absolute atomic E-state index is 0.113. The summed E-state index contributed by atoms with van der Waals surface area (Å²) in [7, 11) is 1.13. The predicted octanol–water partition coefficient (Wildman–Crippen LogP) is 1.71. The number of nitrogens with zero attached hydrogens (tertiary/aromatic N) is 1. The fourth-order valence-electron chi connectivity index (χ4n) is 0.770. The average molecular weight is 249 g/mol. The number of carbonyl (C=O) groups excluding carboxylic acids is 1. The van der Waals surface area contributed by atoms with Crippen molar-refractivity contribution in [1.29, 1.82) is 0 Å². The Kier molecular flexibility index (Phi) is 3.92. The van der Waals surface area contributed by atoms with Crippen LogP contribution in [0.5, 0.6) is 5.88 Å². The summed E-state index contributed by atoms with van der Waals surface area (Å²) in [6, 6.07) is 0. The van der Waals surface area contributed by atoms with Crippen LogP contribution in [0.2, 0.25) is 0 Å². The lowest BCUT2D eigenvalue weighted by Gasteiger charge is -1.99. The summed E-state index contributed by atoms with van der Waals surface area (Å²) in [5, 5.41) is 8.87. The molecule has 0 atom stereocenters. The van der Waals surface area contributed by atoms with Gasteiger partial charge in [0.25, 0.3) is 5.88 Å². The molecule has 0 aromatic carbocycles. The molecule has 0 saturated carbocycles. The first-order valence-corrected chi connectivity index (χ1v) is 5.62. The molecule has 1 N–H and O–H groups in total. The van der Waals surface area contributed by atoms with Crippen LogP contribution in [0, 0.1) is 0 Å². The molecular formula is C7H7NO5S2. The van der Waals surface area contributed by atoms with E-state index in [0.29, 0.717) is 4.21 Å². The largest absolute Gasteiger partial charge is 0.514 e. The third kappa shape index (κ3) is 2.60. The van der Waals surface area contributed by atoms with Crippen molar-refractivity contribution < 1.29 is 24.2 Å². The van der Waals surface area contributed by atoms with Gasteiger partial charge in [-0.2, -0.15) is 4.37 Å². The number of aromatic carboxylic acids is 1. The zero-order chi connectivity index (χ0) is 11.4. The predicted molar refractivity (Wildman–Crippen MR) is 53.9 cm³/mol. The Bertz CT molecular complexity index is 389. The van der Waals surface area contributed by atoms with Gasteiger partial charge in [0, 0.05) is 0 Å². The van der Waals surface area contributed by atoms with E-state index in [9.17, 15) is 9.59 Å². The van der Waals surface area contributed by atoms with Gasteiger partial charge < -0.3 is 14.6 Å². The van der Waals surface area contributed by atoms with Crippen LogP contribution in [0.1, 0.15) is 10.4 Å². The first kappa shape index (κ1) is 11.8. The Hall–Kier alpha value is -1.28. The van der Waals surface area contributed by atoms with Gasteiger partial charge in [-0.1, -0.05) is 0 Å². The highest BCUT2D eigenvalue weighted by Crippen LogP contribution is 2.32. The molecule has 1 heterocycles. The molecule has 0 bridgehead atoms. The van der Waals surface area contributed by atoms with Gasteiger partial charge in [-0.3, -0.25) is 0 Å². The smallest absolute Gasteiger partial charge is 0.477 e.